The molecule has 0 bridgehead atoms. The zero-order valence-corrected chi connectivity index (χ0v) is 13.5. The lowest BCUT2D eigenvalue weighted by Gasteiger charge is -2.26. The van der Waals surface area contributed by atoms with E-state index in [9.17, 15) is 14.0 Å². The predicted molar refractivity (Wildman–Crippen MR) is 84.8 cm³/mol. The zero-order valence-electron chi connectivity index (χ0n) is 12.7. The first kappa shape index (κ1) is 16.3. The summed E-state index contributed by atoms with van der Waals surface area (Å²) in [5.41, 5.74) is 0.787. The average Bonchev–Trinajstić information content (AvgIpc) is 2.83. The standard InChI is InChI=1S/C16H14ClFN4O2/c1-22-13(23)6-12(15(22)9-2-4-10(18)5-3-9)21-16(24)14-11(17)7-19-8-20-14/h2-5,7-8,12,15H,6H2,1H3,(H,21,24)/t12-,15-/m0/s1. The molecular formula is C16H14ClFN4O2. The van der Waals surface area contributed by atoms with Gasteiger partial charge in [0.25, 0.3) is 5.91 Å². The van der Waals surface area contributed by atoms with Crippen molar-refractivity contribution in [2.75, 3.05) is 7.05 Å². The first-order valence-electron chi connectivity index (χ1n) is 7.25. The summed E-state index contributed by atoms with van der Waals surface area (Å²) < 4.78 is 13.1. The molecule has 3 rings (SSSR count). The van der Waals surface area contributed by atoms with Gasteiger partial charge >= 0.3 is 0 Å². The summed E-state index contributed by atoms with van der Waals surface area (Å²) in [5, 5.41) is 2.92. The summed E-state index contributed by atoms with van der Waals surface area (Å²) in [6, 6.07) is 5.00. The van der Waals surface area contributed by atoms with E-state index in [0.29, 0.717) is 0 Å². The number of amides is 2. The van der Waals surface area contributed by atoms with Crippen LogP contribution in [0.4, 0.5) is 4.39 Å². The third-order valence-electron chi connectivity index (χ3n) is 4.00. The molecule has 124 valence electrons. The number of aromatic nitrogens is 2. The summed E-state index contributed by atoms with van der Waals surface area (Å²) in [5.74, 6) is -0.954. The van der Waals surface area contributed by atoms with Gasteiger partial charge in [-0.3, -0.25) is 9.59 Å². The minimum Gasteiger partial charge on any atom is -0.345 e. The maximum Gasteiger partial charge on any atom is 0.271 e. The van der Waals surface area contributed by atoms with E-state index >= 15 is 0 Å². The number of halogens is 2. The minimum absolute atomic E-state index is 0.0477. The number of carbonyl (C=O) groups is 2. The molecule has 24 heavy (non-hydrogen) atoms. The first-order valence-corrected chi connectivity index (χ1v) is 7.62. The fraction of sp³-hybridized carbons (Fsp3) is 0.250. The van der Waals surface area contributed by atoms with Gasteiger partial charge in [-0.1, -0.05) is 23.7 Å². The fourth-order valence-electron chi connectivity index (χ4n) is 2.83. The Balaban J connectivity index is 1.85. The van der Waals surface area contributed by atoms with E-state index < -0.39 is 11.9 Å². The Morgan fingerprint density at radius 3 is 2.75 bits per heavy atom. The van der Waals surface area contributed by atoms with Crippen molar-refractivity contribution in [1.82, 2.24) is 20.2 Å². The lowest BCUT2D eigenvalue weighted by molar-refractivity contribution is -0.127. The van der Waals surface area contributed by atoms with Crippen LogP contribution >= 0.6 is 11.6 Å². The quantitative estimate of drug-likeness (QED) is 0.920. The van der Waals surface area contributed by atoms with Crippen molar-refractivity contribution in [3.05, 3.63) is 58.9 Å². The Bertz CT molecular complexity index is 784. The van der Waals surface area contributed by atoms with E-state index in [2.05, 4.69) is 15.3 Å². The molecule has 1 aromatic heterocycles. The molecule has 0 saturated carbocycles. The van der Waals surface area contributed by atoms with E-state index in [4.69, 9.17) is 11.6 Å². The van der Waals surface area contributed by atoms with Crippen LogP contribution in [0.1, 0.15) is 28.5 Å². The molecule has 0 spiro atoms. The molecule has 1 aromatic carbocycles. The van der Waals surface area contributed by atoms with Crippen molar-refractivity contribution >= 4 is 23.4 Å². The second-order valence-corrected chi connectivity index (χ2v) is 5.91. The maximum absolute atomic E-state index is 13.1. The van der Waals surface area contributed by atoms with Gasteiger partial charge in [-0.05, 0) is 17.7 Å². The second-order valence-electron chi connectivity index (χ2n) is 5.50. The molecule has 2 heterocycles. The van der Waals surface area contributed by atoms with Gasteiger partial charge < -0.3 is 10.2 Å². The van der Waals surface area contributed by atoms with Crippen LogP contribution < -0.4 is 5.32 Å². The van der Waals surface area contributed by atoms with Gasteiger partial charge in [0.1, 0.15) is 17.8 Å². The topological polar surface area (TPSA) is 75.2 Å². The summed E-state index contributed by atoms with van der Waals surface area (Å²) in [6.45, 7) is 0. The molecule has 0 aliphatic carbocycles. The van der Waals surface area contributed by atoms with Crippen molar-refractivity contribution < 1.29 is 14.0 Å². The number of benzene rings is 1. The van der Waals surface area contributed by atoms with Crippen molar-refractivity contribution in [3.8, 4) is 0 Å². The molecule has 2 amide bonds. The number of likely N-dealkylation sites (N-methyl/N-ethyl adjacent to an activating group) is 1. The van der Waals surface area contributed by atoms with Crippen LogP contribution in [0.5, 0.6) is 0 Å². The molecule has 1 aliphatic heterocycles. The molecular weight excluding hydrogens is 335 g/mol. The highest BCUT2D eigenvalue weighted by Gasteiger charge is 2.39. The molecule has 2 atom stereocenters. The number of nitrogens with one attached hydrogen (secondary N) is 1. The average molecular weight is 349 g/mol. The lowest BCUT2D eigenvalue weighted by atomic mass is 10.00. The smallest absolute Gasteiger partial charge is 0.271 e. The number of carbonyl (C=O) groups excluding carboxylic acids is 2. The Morgan fingerprint density at radius 2 is 2.08 bits per heavy atom. The molecule has 0 radical (unpaired) electrons. The largest absolute Gasteiger partial charge is 0.345 e. The van der Waals surface area contributed by atoms with Crippen molar-refractivity contribution in [2.24, 2.45) is 0 Å². The van der Waals surface area contributed by atoms with E-state index in [1.165, 1.54) is 24.7 Å². The van der Waals surface area contributed by atoms with Crippen LogP contribution in [0.15, 0.2) is 36.8 Å². The Kier molecular flexibility index (Phi) is 4.44. The summed E-state index contributed by atoms with van der Waals surface area (Å²) in [4.78, 5) is 33.6. The predicted octanol–water partition coefficient (Wildman–Crippen LogP) is 1.97. The fourth-order valence-corrected chi connectivity index (χ4v) is 3.02. The van der Waals surface area contributed by atoms with Crippen molar-refractivity contribution in [1.29, 1.82) is 0 Å². The molecule has 8 heteroatoms. The number of hydrogen-bond acceptors (Lipinski definition) is 4. The van der Waals surface area contributed by atoms with Gasteiger partial charge in [0.05, 0.1) is 17.1 Å². The summed E-state index contributed by atoms with van der Waals surface area (Å²) in [6.07, 6.45) is 2.70. The second kappa shape index (κ2) is 6.52. The molecule has 0 unspecified atom stereocenters. The van der Waals surface area contributed by atoms with Gasteiger partial charge in [-0.25, -0.2) is 14.4 Å². The molecule has 1 aliphatic rings. The summed E-state index contributed by atoms with van der Waals surface area (Å²) >= 11 is 5.93. The third kappa shape index (κ3) is 3.07. The highest BCUT2D eigenvalue weighted by Crippen LogP contribution is 2.32. The highest BCUT2D eigenvalue weighted by atomic mass is 35.5. The molecule has 1 fully saturated rings. The lowest BCUT2D eigenvalue weighted by Crippen LogP contribution is -2.39. The third-order valence-corrected chi connectivity index (χ3v) is 4.27. The SMILES string of the molecule is CN1C(=O)C[C@H](NC(=O)c2ncncc2Cl)[C@@H]1c1ccc(F)cc1. The van der Waals surface area contributed by atoms with E-state index in [0.717, 1.165) is 5.56 Å². The molecule has 1 saturated heterocycles. The number of rotatable bonds is 3. The molecule has 6 nitrogen and oxygen atoms in total. The normalized spacial score (nSPS) is 20.3. The Labute approximate surface area is 142 Å². The van der Waals surface area contributed by atoms with Gasteiger partial charge in [0.15, 0.2) is 0 Å². The Hall–Kier alpha value is -2.54. The number of hydrogen-bond donors (Lipinski definition) is 1. The molecule has 1 N–H and O–H groups in total. The summed E-state index contributed by atoms with van der Waals surface area (Å²) in [7, 11) is 1.65. The van der Waals surface area contributed by atoms with Crippen molar-refractivity contribution in [2.45, 2.75) is 18.5 Å². The van der Waals surface area contributed by atoms with Crippen LogP contribution in [-0.4, -0.2) is 39.8 Å². The zero-order chi connectivity index (χ0) is 17.3. The van der Waals surface area contributed by atoms with E-state index in [-0.39, 0.29) is 34.9 Å². The maximum atomic E-state index is 13.1. The highest BCUT2D eigenvalue weighted by molar-refractivity contribution is 6.33. The van der Waals surface area contributed by atoms with Crippen LogP contribution in [0, 0.1) is 5.82 Å². The van der Waals surface area contributed by atoms with E-state index in [1.54, 1.807) is 24.1 Å². The van der Waals surface area contributed by atoms with Crippen LogP contribution in [0.3, 0.4) is 0 Å². The van der Waals surface area contributed by atoms with Crippen LogP contribution in [0.2, 0.25) is 5.02 Å². The van der Waals surface area contributed by atoms with Gasteiger partial charge in [-0.15, -0.1) is 0 Å². The number of nitrogens with zero attached hydrogens (tertiary/aromatic N) is 3. The van der Waals surface area contributed by atoms with Gasteiger partial charge in [0.2, 0.25) is 5.91 Å². The first-order chi connectivity index (χ1) is 11.5. The van der Waals surface area contributed by atoms with E-state index in [1.807, 2.05) is 0 Å². The minimum atomic E-state index is -0.484. The number of likely N-dealkylation sites (tertiary alicyclic amines) is 1. The van der Waals surface area contributed by atoms with Crippen molar-refractivity contribution in [3.63, 3.8) is 0 Å². The molecule has 2 aromatic rings. The monoisotopic (exact) mass is 348 g/mol. The van der Waals surface area contributed by atoms with Gasteiger partial charge in [-0.2, -0.15) is 0 Å². The Morgan fingerprint density at radius 1 is 1.38 bits per heavy atom. The van der Waals surface area contributed by atoms with Gasteiger partial charge in [0, 0.05) is 19.7 Å². The van der Waals surface area contributed by atoms with Crippen LogP contribution in [0.25, 0.3) is 0 Å². The van der Waals surface area contributed by atoms with Crippen LogP contribution in [-0.2, 0) is 4.79 Å².